The Hall–Kier alpha value is -3.26. The molecule has 0 aromatic heterocycles. The largest absolute Gasteiger partial charge is 0.147 e. The summed E-state index contributed by atoms with van der Waals surface area (Å²) >= 11 is -4.60. The molecule has 1 unspecified atom stereocenters. The van der Waals surface area contributed by atoms with Crippen molar-refractivity contribution in [2.75, 3.05) is 0 Å². The molecule has 2 aliphatic carbocycles. The summed E-state index contributed by atoms with van der Waals surface area (Å²) in [5.41, 5.74) is 12.8. The van der Waals surface area contributed by atoms with Gasteiger partial charge in [0.1, 0.15) is 0 Å². The van der Waals surface area contributed by atoms with E-state index in [4.69, 9.17) is 0 Å². The summed E-state index contributed by atoms with van der Waals surface area (Å²) in [6.45, 7) is 4.86. The third-order valence-corrected chi connectivity index (χ3v) is 38.3. The minimum atomic E-state index is -4.60. The number of hydrogen-bond acceptors (Lipinski definition) is 0. The van der Waals surface area contributed by atoms with E-state index in [9.17, 15) is 0 Å². The van der Waals surface area contributed by atoms with Gasteiger partial charge in [-0.2, -0.15) is 0 Å². The molecule has 0 saturated carbocycles. The fourth-order valence-electron chi connectivity index (χ4n) is 8.83. The van der Waals surface area contributed by atoms with Crippen molar-refractivity contribution in [1.29, 1.82) is 0 Å². The van der Waals surface area contributed by atoms with Gasteiger partial charge in [-0.15, -0.1) is 24.8 Å². The number of allylic oxidation sites excluding steroid dienone is 1. The van der Waals surface area contributed by atoms with Gasteiger partial charge in [0.25, 0.3) is 0 Å². The molecule has 0 fully saturated rings. The molecule has 45 heavy (non-hydrogen) atoms. The first-order valence-corrected chi connectivity index (χ1v) is 26.5. The zero-order valence-corrected chi connectivity index (χ0v) is 30.8. The van der Waals surface area contributed by atoms with Gasteiger partial charge in [-0.25, -0.2) is 0 Å². The smallest absolute Gasteiger partial charge is 0.147 e. The second-order valence-electron chi connectivity index (χ2n) is 12.5. The predicted molar refractivity (Wildman–Crippen MR) is 197 cm³/mol. The Kier molecular flexibility index (Phi) is 8.57. The van der Waals surface area contributed by atoms with E-state index in [0.29, 0.717) is 7.25 Å². The Morgan fingerprint density at radius 1 is 0.444 bits per heavy atom. The zero-order valence-electron chi connectivity index (χ0n) is 25.3. The molecule has 4 heteroatoms. The summed E-state index contributed by atoms with van der Waals surface area (Å²) in [7, 11) is 0. The van der Waals surface area contributed by atoms with Crippen molar-refractivity contribution in [3.05, 3.63) is 186 Å². The molecule has 6 aromatic carbocycles. The van der Waals surface area contributed by atoms with E-state index in [1.54, 1.807) is 6.54 Å². The van der Waals surface area contributed by atoms with Crippen molar-refractivity contribution < 1.29 is 17.4 Å². The Labute approximate surface area is 281 Å². The van der Waals surface area contributed by atoms with Crippen molar-refractivity contribution in [2.45, 2.75) is 14.2 Å². The number of halogens is 2. The maximum absolute atomic E-state index is 4.60. The molecule has 8 rings (SSSR count). The normalized spacial score (nSPS) is 15.2. The van der Waals surface area contributed by atoms with Crippen LogP contribution in [0.15, 0.2) is 163 Å². The van der Waals surface area contributed by atoms with E-state index in [1.165, 1.54) is 50.1 Å². The van der Waals surface area contributed by atoms with Crippen LogP contribution >= 0.6 is 24.8 Å². The first-order chi connectivity index (χ1) is 21.1. The minimum absolute atomic E-state index is 0. The molecule has 1 atom stereocenters. The van der Waals surface area contributed by atoms with Crippen molar-refractivity contribution in [3.8, 4) is 22.3 Å². The van der Waals surface area contributed by atoms with Crippen LogP contribution in [0.5, 0.6) is 0 Å². The fraction of sp³-hybridized carbons (Fsp3) is 0.0732. The van der Waals surface area contributed by atoms with Crippen LogP contribution in [0.2, 0.25) is 0 Å². The summed E-state index contributed by atoms with van der Waals surface area (Å²) in [6.07, 6.45) is 2.53. The van der Waals surface area contributed by atoms with Crippen LogP contribution in [0.3, 0.4) is 0 Å². The molecule has 0 radical (unpaired) electrons. The van der Waals surface area contributed by atoms with Crippen molar-refractivity contribution in [2.24, 2.45) is 0 Å². The Morgan fingerprint density at radius 2 is 0.867 bits per heavy atom. The van der Waals surface area contributed by atoms with Crippen molar-refractivity contribution in [3.63, 3.8) is 0 Å². The molecular formula is C41H36Cl2SiZr. The van der Waals surface area contributed by atoms with E-state index >= 15 is 0 Å². The quantitative estimate of drug-likeness (QED) is 0.156. The third kappa shape index (κ3) is 4.49. The molecule has 0 bridgehead atoms. The molecule has 0 amide bonds. The maximum Gasteiger partial charge on any atom is -0.147 e. The van der Waals surface area contributed by atoms with Crippen molar-refractivity contribution >= 4 is 44.3 Å². The summed E-state index contributed by atoms with van der Waals surface area (Å²) in [4.78, 5) is 0. The third-order valence-electron chi connectivity index (χ3n) is 10.4. The average Bonchev–Trinajstić information content (AvgIpc) is 3.61. The number of hydrogen-bond donors (Lipinski definition) is 0. The average molecular weight is 719 g/mol. The van der Waals surface area contributed by atoms with Gasteiger partial charge in [0.2, 0.25) is 0 Å². The van der Waals surface area contributed by atoms with E-state index in [1.807, 2.05) is 0 Å². The van der Waals surface area contributed by atoms with Gasteiger partial charge >= 0.3 is 259 Å². The van der Waals surface area contributed by atoms with Gasteiger partial charge in [-0.3, -0.25) is 0 Å². The SMILES string of the molecule is CC1=Cc2c(-c3ccccc3)cccc2[CH]1[Zr](=[SiH2])([c]1ccccc1)([c]1ccccc1)[CH]1c2ccccc2-c2ccccc21.Cl.Cl. The van der Waals surface area contributed by atoms with Gasteiger partial charge in [-0.05, 0) is 0 Å². The van der Waals surface area contributed by atoms with Crippen LogP contribution < -0.4 is 6.54 Å². The van der Waals surface area contributed by atoms with Crippen molar-refractivity contribution in [1.82, 2.24) is 0 Å². The molecule has 0 N–H and O–H groups in total. The van der Waals surface area contributed by atoms with E-state index in [0.717, 1.165) is 0 Å². The monoisotopic (exact) mass is 716 g/mol. The molecule has 0 nitrogen and oxygen atoms in total. The Balaban J connectivity index is 0.00000179. The molecule has 6 aromatic rings. The minimum Gasteiger partial charge on any atom is -0.147 e. The van der Waals surface area contributed by atoms with Gasteiger partial charge in [0, 0.05) is 0 Å². The van der Waals surface area contributed by atoms with Gasteiger partial charge in [-0.1, -0.05) is 0 Å². The van der Waals surface area contributed by atoms with Crippen LogP contribution in [-0.2, 0) is 17.4 Å². The first kappa shape index (κ1) is 31.7. The number of rotatable bonds is 5. The predicted octanol–water partition coefficient (Wildman–Crippen LogP) is 9.31. The molecule has 0 spiro atoms. The summed E-state index contributed by atoms with van der Waals surface area (Å²) in [5.74, 6) is 0. The van der Waals surface area contributed by atoms with Crippen LogP contribution in [0, 0.1) is 0 Å². The molecule has 0 heterocycles. The van der Waals surface area contributed by atoms with Gasteiger partial charge in [0.05, 0.1) is 0 Å². The summed E-state index contributed by atoms with van der Waals surface area (Å²) in [6, 6.07) is 59.9. The zero-order chi connectivity index (χ0) is 29.0. The summed E-state index contributed by atoms with van der Waals surface area (Å²) in [5, 5.41) is 0. The van der Waals surface area contributed by atoms with E-state index in [2.05, 4.69) is 178 Å². The Morgan fingerprint density at radius 3 is 1.40 bits per heavy atom. The van der Waals surface area contributed by atoms with E-state index in [-0.39, 0.29) is 24.8 Å². The van der Waals surface area contributed by atoms with Gasteiger partial charge in [0.15, 0.2) is 0 Å². The maximum atomic E-state index is 2.53. The number of benzene rings is 6. The first-order valence-electron chi connectivity index (χ1n) is 15.3. The Bertz CT molecular complexity index is 2010. The second kappa shape index (κ2) is 12.2. The molecular weight excluding hydrogens is 683 g/mol. The molecule has 222 valence electrons. The molecule has 0 aliphatic heterocycles. The number of fused-ring (bicyclic) bond motifs is 4. The standard InChI is InChI=1S/C16H13.C13H9.2C6H5.2ClH.H2Si.Zr/c1-12-10-14-8-5-9-15(16(14)11-12)13-6-3-2-4-7-13;1-3-7-12-10(5-1)9-11-6-2-4-8-13(11)12;2*1-2-4-6-5-3-1;;;;/h2-11H,1H3;1-9H;2*1-5H;2*1H;1H2;. The van der Waals surface area contributed by atoms with Crippen LogP contribution in [-0.4, -0.2) is 6.88 Å². The topological polar surface area (TPSA) is 0 Å². The summed E-state index contributed by atoms with van der Waals surface area (Å²) < 4.78 is 3.73. The van der Waals surface area contributed by atoms with Crippen LogP contribution in [0.4, 0.5) is 0 Å². The fourth-order valence-corrected chi connectivity index (χ4v) is 37.0. The van der Waals surface area contributed by atoms with E-state index < -0.39 is 17.4 Å². The molecule has 2 aliphatic rings. The van der Waals surface area contributed by atoms with Crippen LogP contribution in [0.1, 0.15) is 36.4 Å². The van der Waals surface area contributed by atoms with Gasteiger partial charge < -0.3 is 0 Å². The molecule has 0 saturated heterocycles. The second-order valence-corrected chi connectivity index (χ2v) is 35.2. The van der Waals surface area contributed by atoms with Crippen LogP contribution in [0.25, 0.3) is 28.3 Å².